The van der Waals surface area contributed by atoms with Gasteiger partial charge in [0.2, 0.25) is 0 Å². The monoisotopic (exact) mass is 649 g/mol. The number of aliphatic hydroxyl groups excluding tert-OH is 1. The van der Waals surface area contributed by atoms with Crippen LogP contribution in [0.4, 0.5) is 16.2 Å². The van der Waals surface area contributed by atoms with Gasteiger partial charge in [0.1, 0.15) is 11.5 Å². The molecule has 1 saturated heterocycles. The number of ether oxygens (including phenoxy) is 3. The molecule has 0 unspecified atom stereocenters. The zero-order valence-electron chi connectivity index (χ0n) is 25.7. The van der Waals surface area contributed by atoms with Gasteiger partial charge in [-0.25, -0.2) is 4.79 Å². The molecule has 4 aromatic carbocycles. The number of carbonyl (C=O) groups excluding carboxylic acids is 1. The largest absolute Gasteiger partial charge is 0.618 e. The van der Waals surface area contributed by atoms with E-state index in [1.54, 1.807) is 42.5 Å². The van der Waals surface area contributed by atoms with Crippen LogP contribution >= 0.6 is 11.8 Å². The van der Waals surface area contributed by atoms with Crippen LogP contribution in [0.15, 0.2) is 133 Å². The summed E-state index contributed by atoms with van der Waals surface area (Å²) in [5, 5.41) is 28.2. The maximum atomic E-state index is 12.9. The third-order valence-electron chi connectivity index (χ3n) is 7.82. The first kappa shape index (κ1) is 32.1. The Morgan fingerprint density at radius 1 is 0.830 bits per heavy atom. The number of aliphatic hydroxyl groups is 1. The molecule has 240 valence electrons. The first-order valence-electron chi connectivity index (χ1n) is 15.3. The van der Waals surface area contributed by atoms with Crippen LogP contribution in [-0.2, 0) is 16.1 Å². The predicted molar refractivity (Wildman–Crippen MR) is 181 cm³/mol. The molecular formula is C37H35N3O6S. The number of amides is 2. The quantitative estimate of drug-likeness (QED) is 0.0802. The van der Waals surface area contributed by atoms with E-state index in [0.29, 0.717) is 27.9 Å². The Kier molecular flexibility index (Phi) is 10.3. The molecular weight excluding hydrogens is 614 g/mol. The number of hydrogen-bond donors (Lipinski definition) is 3. The van der Waals surface area contributed by atoms with E-state index in [1.165, 1.54) is 18.0 Å². The van der Waals surface area contributed by atoms with Crippen molar-refractivity contribution in [2.75, 3.05) is 16.4 Å². The molecule has 1 aliphatic heterocycles. The van der Waals surface area contributed by atoms with E-state index >= 15 is 0 Å². The van der Waals surface area contributed by atoms with E-state index in [2.05, 4.69) is 17.6 Å². The summed E-state index contributed by atoms with van der Waals surface area (Å²) in [4.78, 5) is 12.9. The molecule has 0 spiro atoms. The van der Waals surface area contributed by atoms with Crippen molar-refractivity contribution in [1.82, 2.24) is 0 Å². The highest BCUT2D eigenvalue weighted by Gasteiger charge is 2.38. The standard InChI is InChI=1S/C37H35N3O6S/c1-25-33(24-47-34-12-5-6-21-40(34)43)45-36(46-35(25)27-15-13-26(23-41)14-16-27)28-8-7-9-30(22-28)39-37(42)38-29-17-19-32(20-18-29)44-31-10-3-2-4-11-31/h2-22,25,33,35-36,41H,23-24H2,1H3,(H2,38,39,42)/t25-,33+,35+,36+/m1/s1. The minimum Gasteiger partial charge on any atom is -0.618 e. The van der Waals surface area contributed by atoms with E-state index in [4.69, 9.17) is 14.2 Å². The lowest BCUT2D eigenvalue weighted by molar-refractivity contribution is -0.645. The molecule has 1 fully saturated rings. The van der Waals surface area contributed by atoms with Gasteiger partial charge >= 0.3 is 6.03 Å². The van der Waals surface area contributed by atoms with Crippen molar-refractivity contribution in [2.24, 2.45) is 5.92 Å². The van der Waals surface area contributed by atoms with Crippen molar-refractivity contribution in [1.29, 1.82) is 0 Å². The molecule has 2 amide bonds. The van der Waals surface area contributed by atoms with Gasteiger partial charge in [-0.3, -0.25) is 0 Å². The van der Waals surface area contributed by atoms with Crippen LogP contribution in [0, 0.1) is 11.1 Å². The molecule has 5 aromatic rings. The van der Waals surface area contributed by atoms with Crippen molar-refractivity contribution >= 4 is 29.2 Å². The fourth-order valence-corrected chi connectivity index (χ4v) is 6.37. The van der Waals surface area contributed by atoms with Gasteiger partial charge in [0.05, 0.1) is 18.8 Å². The van der Waals surface area contributed by atoms with Crippen molar-refractivity contribution < 1.29 is 28.8 Å². The fraction of sp³-hybridized carbons (Fsp3) is 0.189. The van der Waals surface area contributed by atoms with Crippen molar-refractivity contribution in [2.45, 2.75) is 37.1 Å². The van der Waals surface area contributed by atoms with Crippen molar-refractivity contribution in [3.05, 3.63) is 149 Å². The number of hydrogen-bond acceptors (Lipinski definition) is 7. The van der Waals surface area contributed by atoms with Crippen LogP contribution in [0.3, 0.4) is 0 Å². The number of carbonyl (C=O) groups is 1. The van der Waals surface area contributed by atoms with Gasteiger partial charge in [-0.15, -0.1) is 0 Å². The predicted octanol–water partition coefficient (Wildman–Crippen LogP) is 7.83. The second-order valence-corrected chi connectivity index (χ2v) is 12.2. The van der Waals surface area contributed by atoms with Crippen LogP contribution in [0.25, 0.3) is 0 Å². The smallest absolute Gasteiger partial charge is 0.323 e. The minimum atomic E-state index is -0.726. The first-order valence-corrected chi connectivity index (χ1v) is 16.3. The SMILES string of the molecule is C[C@@H]1[C@H](CSc2cccc[n+]2[O-])O[C@H](c2cccc(NC(=O)Nc3ccc(Oc4ccccc4)cc3)c2)O[C@@H]1c1ccc(CO)cc1. The number of thioether (sulfide) groups is 1. The Hall–Kier alpha value is -4.87. The van der Waals surface area contributed by atoms with Gasteiger partial charge in [-0.05, 0) is 65.7 Å². The van der Waals surface area contributed by atoms with Crippen molar-refractivity contribution in [3.8, 4) is 11.5 Å². The molecule has 1 aromatic heterocycles. The normalized spacial score (nSPS) is 19.1. The summed E-state index contributed by atoms with van der Waals surface area (Å²) >= 11 is 1.44. The highest BCUT2D eigenvalue weighted by atomic mass is 32.2. The summed E-state index contributed by atoms with van der Waals surface area (Å²) in [6.07, 6.45) is 0.192. The fourth-order valence-electron chi connectivity index (χ4n) is 5.29. The third-order valence-corrected chi connectivity index (χ3v) is 8.92. The zero-order valence-corrected chi connectivity index (χ0v) is 26.5. The van der Waals surface area contributed by atoms with Gasteiger partial charge in [0.25, 0.3) is 5.03 Å². The summed E-state index contributed by atoms with van der Waals surface area (Å²) in [6, 6.07) is 36.6. The van der Waals surface area contributed by atoms with E-state index in [9.17, 15) is 15.1 Å². The molecule has 4 atom stereocenters. The number of aromatic nitrogens is 1. The highest BCUT2D eigenvalue weighted by Crippen LogP contribution is 2.43. The average molecular weight is 650 g/mol. The molecule has 0 radical (unpaired) electrons. The molecule has 1 aliphatic rings. The topological polar surface area (TPSA) is 116 Å². The second-order valence-electron chi connectivity index (χ2n) is 11.1. The Labute approximate surface area is 277 Å². The second kappa shape index (κ2) is 15.1. The Morgan fingerprint density at radius 2 is 1.55 bits per heavy atom. The third kappa shape index (κ3) is 8.30. The number of para-hydroxylation sites is 1. The number of urea groups is 1. The van der Waals surface area contributed by atoms with Gasteiger partial charge < -0.3 is 35.2 Å². The van der Waals surface area contributed by atoms with E-state index in [-0.39, 0.29) is 24.7 Å². The lowest BCUT2D eigenvalue weighted by Gasteiger charge is -2.41. The van der Waals surface area contributed by atoms with Crippen LogP contribution in [-0.4, -0.2) is 23.0 Å². The summed E-state index contributed by atoms with van der Waals surface area (Å²) in [5.74, 6) is 1.88. The van der Waals surface area contributed by atoms with E-state index < -0.39 is 12.3 Å². The van der Waals surface area contributed by atoms with Crippen LogP contribution in [0.2, 0.25) is 0 Å². The Morgan fingerprint density at radius 3 is 2.30 bits per heavy atom. The van der Waals surface area contributed by atoms with Crippen LogP contribution in [0.1, 0.15) is 36.0 Å². The summed E-state index contributed by atoms with van der Waals surface area (Å²) < 4.78 is 19.8. The first-order chi connectivity index (χ1) is 22.9. The number of rotatable bonds is 10. The highest BCUT2D eigenvalue weighted by molar-refractivity contribution is 7.99. The minimum absolute atomic E-state index is 0.0417. The molecule has 6 rings (SSSR count). The van der Waals surface area contributed by atoms with Crippen LogP contribution < -0.4 is 20.1 Å². The number of nitrogens with zero attached hydrogens (tertiary/aromatic N) is 1. The molecule has 47 heavy (non-hydrogen) atoms. The Bertz CT molecular complexity index is 1770. The maximum absolute atomic E-state index is 12.9. The van der Waals surface area contributed by atoms with Gasteiger partial charge in [0, 0.05) is 40.7 Å². The number of benzene rings is 4. The number of nitrogens with one attached hydrogen (secondary N) is 2. The maximum Gasteiger partial charge on any atom is 0.323 e. The Balaban J connectivity index is 1.15. The summed E-state index contributed by atoms with van der Waals surface area (Å²) in [5.41, 5.74) is 3.70. The van der Waals surface area contributed by atoms with E-state index in [0.717, 1.165) is 27.2 Å². The number of anilines is 2. The molecule has 2 heterocycles. The summed E-state index contributed by atoms with van der Waals surface area (Å²) in [6.45, 7) is 2.03. The van der Waals surface area contributed by atoms with Crippen molar-refractivity contribution in [3.63, 3.8) is 0 Å². The van der Waals surface area contributed by atoms with E-state index in [1.807, 2.05) is 78.9 Å². The average Bonchev–Trinajstić information content (AvgIpc) is 3.10. The molecule has 3 N–H and O–H groups in total. The van der Waals surface area contributed by atoms with Gasteiger partial charge in [-0.2, -0.15) is 4.73 Å². The molecule has 0 saturated carbocycles. The van der Waals surface area contributed by atoms with Crippen LogP contribution in [0.5, 0.6) is 11.5 Å². The lowest BCUT2D eigenvalue weighted by Crippen LogP contribution is -2.39. The van der Waals surface area contributed by atoms with Gasteiger partial charge in [0.15, 0.2) is 12.5 Å². The number of pyridine rings is 1. The molecule has 9 nitrogen and oxygen atoms in total. The molecule has 0 bridgehead atoms. The lowest BCUT2D eigenvalue weighted by atomic mass is 9.91. The molecule has 0 aliphatic carbocycles. The zero-order chi connectivity index (χ0) is 32.6. The molecule has 10 heteroatoms. The van der Waals surface area contributed by atoms with Gasteiger partial charge in [-0.1, -0.05) is 73.3 Å². The summed E-state index contributed by atoms with van der Waals surface area (Å²) in [7, 11) is 0.